The lowest BCUT2D eigenvalue weighted by Gasteiger charge is -2.37. The quantitative estimate of drug-likeness (QED) is 0.675. The zero-order chi connectivity index (χ0) is 9.03. The second-order valence-corrected chi connectivity index (χ2v) is 3.98. The molecule has 0 aliphatic carbocycles. The van der Waals surface area contributed by atoms with Crippen LogP contribution in [0.2, 0.25) is 0 Å². The molecule has 3 nitrogen and oxygen atoms in total. The van der Waals surface area contributed by atoms with E-state index in [0.717, 1.165) is 25.9 Å². The van der Waals surface area contributed by atoms with Crippen LogP contribution in [0.4, 0.5) is 0 Å². The summed E-state index contributed by atoms with van der Waals surface area (Å²) in [7, 11) is 1.67. The summed E-state index contributed by atoms with van der Waals surface area (Å²) < 4.78 is 6.86. The summed E-state index contributed by atoms with van der Waals surface area (Å²) in [6.45, 7) is 2.51. The van der Waals surface area contributed by atoms with Gasteiger partial charge in [-0.25, -0.2) is 4.42 Å². The number of aliphatic hydroxyl groups is 1. The fourth-order valence-corrected chi connectivity index (χ4v) is 1.78. The van der Waals surface area contributed by atoms with Gasteiger partial charge in [0, 0.05) is 25.6 Å². The van der Waals surface area contributed by atoms with Crippen LogP contribution in [0.25, 0.3) is 0 Å². The van der Waals surface area contributed by atoms with E-state index < -0.39 is 0 Å². The van der Waals surface area contributed by atoms with Crippen molar-refractivity contribution in [3.05, 3.63) is 0 Å². The monoisotopic (exact) mass is 193 g/mol. The molecule has 0 aromatic heterocycles. The van der Waals surface area contributed by atoms with E-state index in [4.69, 9.17) is 16.5 Å². The van der Waals surface area contributed by atoms with Gasteiger partial charge in [-0.05, 0) is 24.6 Å². The van der Waals surface area contributed by atoms with E-state index in [1.54, 1.807) is 11.5 Å². The van der Waals surface area contributed by atoms with Crippen molar-refractivity contribution in [2.45, 2.75) is 12.8 Å². The first-order valence-electron chi connectivity index (χ1n) is 4.23. The van der Waals surface area contributed by atoms with Crippen molar-refractivity contribution in [3.63, 3.8) is 0 Å². The number of rotatable bonds is 3. The highest BCUT2D eigenvalue weighted by Gasteiger charge is 2.33. The Kier molecular flexibility index (Phi) is 3.77. The lowest BCUT2D eigenvalue weighted by atomic mass is 9.80. The van der Waals surface area contributed by atoms with Crippen molar-refractivity contribution in [3.8, 4) is 0 Å². The molecule has 1 rings (SSSR count). The third-order valence-corrected chi connectivity index (χ3v) is 2.89. The Hall–Kier alpha value is 0.170. The van der Waals surface area contributed by atoms with E-state index in [-0.39, 0.29) is 12.0 Å². The zero-order valence-electron chi connectivity index (χ0n) is 7.42. The molecule has 0 saturated carbocycles. The predicted octanol–water partition coefficient (Wildman–Crippen LogP) is 0.861. The SMILES string of the molecule is COCC1(CO)CCN(Cl)CC1. The number of aliphatic hydroxyl groups excluding tert-OH is 1. The lowest BCUT2D eigenvalue weighted by Crippen LogP contribution is -2.41. The Morgan fingerprint density at radius 2 is 2.08 bits per heavy atom. The molecule has 1 aliphatic rings. The van der Waals surface area contributed by atoms with Crippen LogP contribution in [-0.2, 0) is 4.74 Å². The van der Waals surface area contributed by atoms with Crippen molar-refractivity contribution in [2.75, 3.05) is 33.4 Å². The molecular weight excluding hydrogens is 178 g/mol. The molecule has 0 atom stereocenters. The van der Waals surface area contributed by atoms with Gasteiger partial charge in [-0.1, -0.05) is 0 Å². The van der Waals surface area contributed by atoms with Gasteiger partial charge in [0.15, 0.2) is 0 Å². The van der Waals surface area contributed by atoms with Crippen LogP contribution in [0.1, 0.15) is 12.8 Å². The Labute approximate surface area is 78.4 Å². The first-order valence-corrected chi connectivity index (χ1v) is 4.57. The van der Waals surface area contributed by atoms with Gasteiger partial charge in [0.2, 0.25) is 0 Å². The van der Waals surface area contributed by atoms with Crippen molar-refractivity contribution in [1.82, 2.24) is 4.42 Å². The highest BCUT2D eigenvalue weighted by molar-refractivity contribution is 6.13. The smallest absolute Gasteiger partial charge is 0.0541 e. The number of hydrogen-bond acceptors (Lipinski definition) is 3. The van der Waals surface area contributed by atoms with Crippen LogP contribution in [0.15, 0.2) is 0 Å². The van der Waals surface area contributed by atoms with E-state index in [1.807, 2.05) is 0 Å². The summed E-state index contributed by atoms with van der Waals surface area (Å²) in [5.74, 6) is 0. The number of piperidine rings is 1. The third kappa shape index (κ3) is 2.33. The topological polar surface area (TPSA) is 32.7 Å². The van der Waals surface area contributed by atoms with Gasteiger partial charge < -0.3 is 9.84 Å². The van der Waals surface area contributed by atoms with Gasteiger partial charge >= 0.3 is 0 Å². The molecule has 0 bridgehead atoms. The van der Waals surface area contributed by atoms with Crippen LogP contribution >= 0.6 is 11.8 Å². The number of ether oxygens (including phenoxy) is 1. The molecule has 0 amide bonds. The van der Waals surface area contributed by atoms with Gasteiger partial charge in [0.05, 0.1) is 13.2 Å². The summed E-state index contributed by atoms with van der Waals surface area (Å²) in [6.07, 6.45) is 1.84. The van der Waals surface area contributed by atoms with Crippen LogP contribution in [-0.4, -0.2) is 42.9 Å². The standard InChI is InChI=1S/C8H16ClNO2/c1-12-7-8(6-11)2-4-10(9)5-3-8/h11H,2-7H2,1H3. The molecule has 1 heterocycles. The molecule has 1 aliphatic heterocycles. The minimum Gasteiger partial charge on any atom is -0.396 e. The molecule has 0 radical (unpaired) electrons. The Bertz CT molecular complexity index is 135. The van der Waals surface area contributed by atoms with Crippen molar-refractivity contribution in [1.29, 1.82) is 0 Å². The molecule has 1 fully saturated rings. The van der Waals surface area contributed by atoms with Gasteiger partial charge in [-0.15, -0.1) is 0 Å². The summed E-state index contributed by atoms with van der Waals surface area (Å²) >= 11 is 5.81. The molecule has 1 N–H and O–H groups in total. The second-order valence-electron chi connectivity index (χ2n) is 3.50. The lowest BCUT2D eigenvalue weighted by molar-refractivity contribution is -0.00398. The van der Waals surface area contributed by atoms with E-state index in [9.17, 15) is 5.11 Å². The molecule has 0 aromatic carbocycles. The number of hydrogen-bond donors (Lipinski definition) is 1. The summed E-state index contributed by atoms with van der Waals surface area (Å²) in [4.78, 5) is 0. The molecule has 1 saturated heterocycles. The number of methoxy groups -OCH3 is 1. The predicted molar refractivity (Wildman–Crippen MR) is 48.1 cm³/mol. The highest BCUT2D eigenvalue weighted by atomic mass is 35.5. The van der Waals surface area contributed by atoms with E-state index in [0.29, 0.717) is 6.61 Å². The average molecular weight is 194 g/mol. The van der Waals surface area contributed by atoms with E-state index in [1.165, 1.54) is 0 Å². The van der Waals surface area contributed by atoms with Gasteiger partial charge in [0.25, 0.3) is 0 Å². The minimum atomic E-state index is -0.0415. The Morgan fingerprint density at radius 3 is 2.50 bits per heavy atom. The molecule has 12 heavy (non-hydrogen) atoms. The van der Waals surface area contributed by atoms with Crippen molar-refractivity contribution < 1.29 is 9.84 Å². The van der Waals surface area contributed by atoms with Gasteiger partial charge in [0.1, 0.15) is 0 Å². The maximum absolute atomic E-state index is 9.22. The molecular formula is C8H16ClNO2. The first kappa shape index (κ1) is 10.3. The number of halogens is 1. The van der Waals surface area contributed by atoms with Crippen LogP contribution < -0.4 is 0 Å². The van der Waals surface area contributed by atoms with Crippen molar-refractivity contribution in [2.24, 2.45) is 5.41 Å². The Morgan fingerprint density at radius 1 is 1.50 bits per heavy atom. The molecule has 0 aromatic rings. The normalized spacial score (nSPS) is 24.2. The molecule has 0 unspecified atom stereocenters. The average Bonchev–Trinajstić information content (AvgIpc) is 2.10. The maximum Gasteiger partial charge on any atom is 0.0541 e. The first-order chi connectivity index (χ1) is 5.72. The van der Waals surface area contributed by atoms with Crippen LogP contribution in [0, 0.1) is 5.41 Å². The highest BCUT2D eigenvalue weighted by Crippen LogP contribution is 2.31. The summed E-state index contributed by atoms with van der Waals surface area (Å²) in [6, 6.07) is 0. The number of nitrogens with zero attached hydrogens (tertiary/aromatic N) is 1. The molecule has 4 heteroatoms. The van der Waals surface area contributed by atoms with E-state index in [2.05, 4.69) is 0 Å². The third-order valence-electron chi connectivity index (χ3n) is 2.56. The van der Waals surface area contributed by atoms with Crippen LogP contribution in [0.5, 0.6) is 0 Å². The van der Waals surface area contributed by atoms with E-state index >= 15 is 0 Å². The molecule has 0 spiro atoms. The zero-order valence-corrected chi connectivity index (χ0v) is 8.18. The van der Waals surface area contributed by atoms with Gasteiger partial charge in [-0.3, -0.25) is 0 Å². The van der Waals surface area contributed by atoms with Crippen molar-refractivity contribution >= 4 is 11.8 Å². The second kappa shape index (κ2) is 4.42. The summed E-state index contributed by atoms with van der Waals surface area (Å²) in [5.41, 5.74) is -0.0415. The molecule has 72 valence electrons. The Balaban J connectivity index is 2.45. The fraction of sp³-hybridized carbons (Fsp3) is 1.00. The fourth-order valence-electron chi connectivity index (χ4n) is 1.61. The van der Waals surface area contributed by atoms with Gasteiger partial charge in [-0.2, -0.15) is 0 Å². The summed E-state index contributed by atoms with van der Waals surface area (Å²) in [5, 5.41) is 9.22. The minimum absolute atomic E-state index is 0.0415. The van der Waals surface area contributed by atoms with Crippen LogP contribution in [0.3, 0.4) is 0 Å². The largest absolute Gasteiger partial charge is 0.396 e. The maximum atomic E-state index is 9.22.